The first-order valence-electron chi connectivity index (χ1n) is 7.36. The molecule has 1 aromatic rings. The second kappa shape index (κ2) is 8.54. The molecule has 2 rings (SSSR count). The Morgan fingerprint density at radius 2 is 1.52 bits per heavy atom. The van der Waals surface area contributed by atoms with E-state index in [0.29, 0.717) is 3.57 Å². The van der Waals surface area contributed by atoms with Gasteiger partial charge in [-0.15, -0.1) is 0 Å². The first-order chi connectivity index (χ1) is 12.5. The van der Waals surface area contributed by atoms with E-state index in [1.165, 1.54) is 13.8 Å². The molecule has 2 N–H and O–H groups in total. The van der Waals surface area contributed by atoms with Gasteiger partial charge in [-0.25, -0.2) is 9.80 Å². The standard InChI is InChI=1S/C15H12I3N3O6/c1-5(22)19-13-10(16)9(15(26)27)11(17)14(12(13)18)20(6(2)23)21-7(24)3-4-8(21)25/h3-4H2,1-2H3,(H,19,22)(H,26,27). The zero-order chi connectivity index (χ0) is 20.6. The molecule has 144 valence electrons. The summed E-state index contributed by atoms with van der Waals surface area (Å²) in [5.74, 6) is -3.45. The molecule has 0 saturated carbocycles. The number of hydrogen-bond donors (Lipinski definition) is 2. The van der Waals surface area contributed by atoms with Gasteiger partial charge in [-0.1, -0.05) is 0 Å². The Morgan fingerprint density at radius 1 is 1.00 bits per heavy atom. The summed E-state index contributed by atoms with van der Waals surface area (Å²) in [6, 6.07) is 0. The van der Waals surface area contributed by atoms with E-state index in [2.05, 4.69) is 5.32 Å². The van der Waals surface area contributed by atoms with Gasteiger partial charge in [0.05, 0.1) is 27.6 Å². The highest BCUT2D eigenvalue weighted by atomic mass is 127. The monoisotopic (exact) mass is 711 g/mol. The first-order valence-corrected chi connectivity index (χ1v) is 10.6. The van der Waals surface area contributed by atoms with Crippen LogP contribution in [0.1, 0.15) is 37.0 Å². The molecule has 1 heterocycles. The molecule has 1 aliphatic rings. The molecule has 1 fully saturated rings. The summed E-state index contributed by atoms with van der Waals surface area (Å²) in [7, 11) is 0. The number of carbonyl (C=O) groups excluding carboxylic acids is 4. The molecule has 1 aromatic carbocycles. The Hall–Kier alpha value is -1.04. The van der Waals surface area contributed by atoms with Crippen molar-refractivity contribution in [2.75, 3.05) is 10.3 Å². The Morgan fingerprint density at radius 3 is 1.93 bits per heavy atom. The zero-order valence-corrected chi connectivity index (χ0v) is 20.4. The number of halogens is 3. The third-order valence-electron chi connectivity index (χ3n) is 3.54. The van der Waals surface area contributed by atoms with Crippen molar-refractivity contribution >= 4 is 109 Å². The molecule has 0 bridgehead atoms. The van der Waals surface area contributed by atoms with Crippen molar-refractivity contribution in [1.29, 1.82) is 0 Å². The third kappa shape index (κ3) is 4.20. The number of rotatable bonds is 4. The molecule has 9 nitrogen and oxygen atoms in total. The Bertz CT molecular complexity index is 886. The van der Waals surface area contributed by atoms with E-state index in [1.807, 2.05) is 22.6 Å². The topological polar surface area (TPSA) is 124 Å². The Kier molecular flexibility index (Phi) is 7.04. The van der Waals surface area contributed by atoms with Crippen LogP contribution in [0.2, 0.25) is 0 Å². The van der Waals surface area contributed by atoms with Gasteiger partial charge in [0.15, 0.2) is 0 Å². The van der Waals surface area contributed by atoms with Crippen LogP contribution in [0.25, 0.3) is 0 Å². The van der Waals surface area contributed by atoms with E-state index in [-0.39, 0.29) is 36.9 Å². The Balaban J connectivity index is 2.87. The first kappa shape index (κ1) is 22.3. The summed E-state index contributed by atoms with van der Waals surface area (Å²) < 4.78 is 0.783. The average Bonchev–Trinajstić information content (AvgIpc) is 2.86. The highest BCUT2D eigenvalue weighted by molar-refractivity contribution is 14.1. The smallest absolute Gasteiger partial charge is 0.338 e. The number of benzene rings is 1. The van der Waals surface area contributed by atoms with Crippen LogP contribution in [0.15, 0.2) is 0 Å². The molecule has 0 atom stereocenters. The van der Waals surface area contributed by atoms with E-state index >= 15 is 0 Å². The lowest BCUT2D eigenvalue weighted by atomic mass is 10.1. The van der Waals surface area contributed by atoms with Crippen LogP contribution in [-0.4, -0.2) is 39.7 Å². The molecular weight excluding hydrogens is 699 g/mol. The summed E-state index contributed by atoms with van der Waals surface area (Å²) in [5, 5.41) is 13.8. The lowest BCUT2D eigenvalue weighted by Crippen LogP contribution is -2.49. The molecule has 0 aromatic heterocycles. The normalized spacial score (nSPS) is 13.7. The van der Waals surface area contributed by atoms with Crippen molar-refractivity contribution in [2.24, 2.45) is 0 Å². The summed E-state index contributed by atoms with van der Waals surface area (Å²) in [4.78, 5) is 60.2. The number of amides is 4. The molecule has 0 radical (unpaired) electrons. The summed E-state index contributed by atoms with van der Waals surface area (Å²) in [5.41, 5.74) is 0.122. The van der Waals surface area contributed by atoms with Crippen molar-refractivity contribution < 1.29 is 29.1 Å². The number of hydrogen-bond acceptors (Lipinski definition) is 5. The molecule has 1 aliphatic heterocycles. The van der Waals surface area contributed by atoms with Crippen LogP contribution in [0.5, 0.6) is 0 Å². The van der Waals surface area contributed by atoms with Crippen LogP contribution >= 0.6 is 67.8 Å². The van der Waals surface area contributed by atoms with Gasteiger partial charge < -0.3 is 10.4 Å². The van der Waals surface area contributed by atoms with E-state index < -0.39 is 29.6 Å². The van der Waals surface area contributed by atoms with Gasteiger partial charge in [0.2, 0.25) is 23.6 Å². The second-order valence-electron chi connectivity index (χ2n) is 5.46. The number of carboxylic acid groups (broad SMARTS) is 1. The van der Waals surface area contributed by atoms with Crippen molar-refractivity contribution in [3.05, 3.63) is 16.3 Å². The van der Waals surface area contributed by atoms with Gasteiger partial charge in [-0.3, -0.25) is 19.2 Å². The summed E-state index contributed by atoms with van der Waals surface area (Å²) in [6.07, 6.45) is -0.0744. The lowest BCUT2D eigenvalue weighted by Gasteiger charge is -2.32. The maximum atomic E-state index is 12.4. The third-order valence-corrected chi connectivity index (χ3v) is 6.72. The molecule has 0 spiro atoms. The minimum Gasteiger partial charge on any atom is -0.478 e. The number of imide groups is 1. The van der Waals surface area contributed by atoms with Crippen molar-refractivity contribution in [3.8, 4) is 0 Å². The van der Waals surface area contributed by atoms with Gasteiger partial charge in [-0.2, -0.15) is 5.01 Å². The van der Waals surface area contributed by atoms with Crippen molar-refractivity contribution in [1.82, 2.24) is 5.01 Å². The Labute approximate surface area is 194 Å². The fraction of sp³-hybridized carbons (Fsp3) is 0.267. The van der Waals surface area contributed by atoms with Gasteiger partial charge in [-0.05, 0) is 67.8 Å². The largest absolute Gasteiger partial charge is 0.478 e. The molecule has 4 amide bonds. The molecule has 0 unspecified atom stereocenters. The van der Waals surface area contributed by atoms with Crippen LogP contribution in [0.3, 0.4) is 0 Å². The van der Waals surface area contributed by atoms with E-state index in [1.54, 1.807) is 45.2 Å². The van der Waals surface area contributed by atoms with Gasteiger partial charge in [0, 0.05) is 26.7 Å². The van der Waals surface area contributed by atoms with Gasteiger partial charge >= 0.3 is 5.97 Å². The second-order valence-corrected chi connectivity index (χ2v) is 8.69. The number of anilines is 2. The molecule has 0 aliphatic carbocycles. The highest BCUT2D eigenvalue weighted by Gasteiger charge is 2.40. The number of hydrazine groups is 1. The maximum Gasteiger partial charge on any atom is 0.338 e. The SMILES string of the molecule is CC(=O)Nc1c(I)c(C(=O)O)c(I)c(N(C(C)=O)N2C(=O)CCC2=O)c1I. The number of aromatic carboxylic acids is 1. The van der Waals surface area contributed by atoms with Crippen molar-refractivity contribution in [2.45, 2.75) is 26.7 Å². The van der Waals surface area contributed by atoms with E-state index in [0.717, 1.165) is 10.0 Å². The number of nitrogens with one attached hydrogen (secondary N) is 1. The average molecular weight is 711 g/mol. The minimum atomic E-state index is -1.27. The van der Waals surface area contributed by atoms with Crippen LogP contribution in [-0.2, 0) is 19.2 Å². The summed E-state index contributed by atoms with van der Waals surface area (Å²) in [6.45, 7) is 2.43. The van der Waals surface area contributed by atoms with Gasteiger partial charge in [0.25, 0.3) is 0 Å². The quantitative estimate of drug-likeness (QED) is 0.366. The van der Waals surface area contributed by atoms with Crippen LogP contribution in [0.4, 0.5) is 11.4 Å². The molecule has 27 heavy (non-hydrogen) atoms. The summed E-state index contributed by atoms with van der Waals surface area (Å²) >= 11 is 5.41. The van der Waals surface area contributed by atoms with Crippen LogP contribution in [0, 0.1) is 10.7 Å². The van der Waals surface area contributed by atoms with E-state index in [4.69, 9.17) is 0 Å². The molecule has 1 saturated heterocycles. The molecule has 12 heteroatoms. The minimum absolute atomic E-state index is 0.0372. The number of carboxylic acids is 1. The lowest BCUT2D eigenvalue weighted by molar-refractivity contribution is -0.143. The number of carbonyl (C=O) groups is 5. The van der Waals surface area contributed by atoms with E-state index in [9.17, 15) is 29.1 Å². The molecular formula is C15H12I3N3O6. The fourth-order valence-corrected chi connectivity index (χ4v) is 6.85. The number of nitrogens with zero attached hydrogens (tertiary/aromatic N) is 2. The predicted molar refractivity (Wildman–Crippen MR) is 120 cm³/mol. The highest BCUT2D eigenvalue weighted by Crippen LogP contribution is 2.42. The van der Waals surface area contributed by atoms with Crippen molar-refractivity contribution in [3.63, 3.8) is 0 Å². The fourth-order valence-electron chi connectivity index (χ4n) is 2.50. The maximum absolute atomic E-state index is 12.4. The van der Waals surface area contributed by atoms with Crippen LogP contribution < -0.4 is 10.3 Å². The van der Waals surface area contributed by atoms with Gasteiger partial charge in [0.1, 0.15) is 0 Å². The zero-order valence-electron chi connectivity index (χ0n) is 13.9. The predicted octanol–water partition coefficient (Wildman–Crippen LogP) is 2.57.